The second-order valence-corrected chi connectivity index (χ2v) is 7.30. The number of hydrogen-bond donors (Lipinski definition) is 2. The van der Waals surface area contributed by atoms with Crippen LogP contribution in [-0.2, 0) is 21.3 Å². The average Bonchev–Trinajstić information content (AvgIpc) is 2.86. The van der Waals surface area contributed by atoms with Gasteiger partial charge in [-0.1, -0.05) is 20.8 Å². The van der Waals surface area contributed by atoms with Crippen molar-refractivity contribution >= 4 is 10.0 Å². The SMILES string of the molecule is CCN(C(C)COC)S(=O)(=O)c1c[nH]c(CNC(C)C)c1. The predicted molar refractivity (Wildman–Crippen MR) is 83.7 cm³/mol. The van der Waals surface area contributed by atoms with Crippen molar-refractivity contribution in [2.75, 3.05) is 20.3 Å². The first-order valence-corrected chi connectivity index (χ1v) is 8.68. The Morgan fingerprint density at radius 3 is 2.57 bits per heavy atom. The molecule has 0 aromatic carbocycles. The lowest BCUT2D eigenvalue weighted by Gasteiger charge is -2.26. The summed E-state index contributed by atoms with van der Waals surface area (Å²) < 4.78 is 31.8. The van der Waals surface area contributed by atoms with E-state index in [4.69, 9.17) is 4.74 Å². The van der Waals surface area contributed by atoms with Crippen molar-refractivity contribution in [2.45, 2.75) is 51.2 Å². The smallest absolute Gasteiger partial charge is 0.244 e. The monoisotopic (exact) mass is 317 g/mol. The molecule has 0 bridgehead atoms. The minimum absolute atomic E-state index is 0.197. The summed E-state index contributed by atoms with van der Waals surface area (Å²) in [5, 5.41) is 3.25. The Balaban J connectivity index is 2.90. The molecular formula is C14H27N3O3S. The lowest BCUT2D eigenvalue weighted by atomic mass is 10.3. The number of nitrogens with one attached hydrogen (secondary N) is 2. The molecule has 0 amide bonds. The second-order valence-electron chi connectivity index (χ2n) is 5.41. The van der Waals surface area contributed by atoms with Crippen LogP contribution < -0.4 is 5.32 Å². The van der Waals surface area contributed by atoms with Crippen LogP contribution in [0.5, 0.6) is 0 Å². The number of hydrogen-bond acceptors (Lipinski definition) is 4. The first-order valence-electron chi connectivity index (χ1n) is 7.24. The van der Waals surface area contributed by atoms with E-state index in [1.807, 2.05) is 27.7 Å². The molecule has 7 heteroatoms. The number of H-pyrrole nitrogens is 1. The van der Waals surface area contributed by atoms with Gasteiger partial charge in [-0.2, -0.15) is 4.31 Å². The highest BCUT2D eigenvalue weighted by Gasteiger charge is 2.28. The summed E-state index contributed by atoms with van der Waals surface area (Å²) in [7, 11) is -1.92. The van der Waals surface area contributed by atoms with Crippen LogP contribution in [0.1, 0.15) is 33.4 Å². The molecule has 0 saturated heterocycles. The van der Waals surface area contributed by atoms with Crippen molar-refractivity contribution in [3.05, 3.63) is 18.0 Å². The number of ether oxygens (including phenoxy) is 1. The van der Waals surface area contributed by atoms with Gasteiger partial charge in [0.2, 0.25) is 10.0 Å². The summed E-state index contributed by atoms with van der Waals surface area (Å²) >= 11 is 0. The minimum atomic E-state index is -3.50. The molecule has 2 N–H and O–H groups in total. The van der Waals surface area contributed by atoms with Crippen LogP contribution in [0.2, 0.25) is 0 Å². The van der Waals surface area contributed by atoms with E-state index in [9.17, 15) is 8.42 Å². The molecule has 122 valence electrons. The van der Waals surface area contributed by atoms with Gasteiger partial charge in [-0.25, -0.2) is 8.42 Å². The van der Waals surface area contributed by atoms with Gasteiger partial charge in [-0.3, -0.25) is 0 Å². The normalized spacial score (nSPS) is 14.0. The maximum Gasteiger partial charge on any atom is 0.244 e. The highest BCUT2D eigenvalue weighted by Crippen LogP contribution is 2.19. The van der Waals surface area contributed by atoms with Gasteiger partial charge in [0.15, 0.2) is 0 Å². The maximum atomic E-state index is 12.7. The van der Waals surface area contributed by atoms with Gasteiger partial charge >= 0.3 is 0 Å². The van der Waals surface area contributed by atoms with Gasteiger partial charge in [0.05, 0.1) is 11.5 Å². The van der Waals surface area contributed by atoms with E-state index in [1.165, 1.54) is 4.31 Å². The van der Waals surface area contributed by atoms with Crippen LogP contribution in [0.3, 0.4) is 0 Å². The fourth-order valence-corrected chi connectivity index (χ4v) is 3.81. The van der Waals surface area contributed by atoms with Crippen molar-refractivity contribution in [1.29, 1.82) is 0 Å². The molecule has 1 heterocycles. The van der Waals surface area contributed by atoms with Crippen molar-refractivity contribution in [2.24, 2.45) is 0 Å². The average molecular weight is 317 g/mol. The fraction of sp³-hybridized carbons (Fsp3) is 0.714. The van der Waals surface area contributed by atoms with Crippen LogP contribution in [-0.4, -0.2) is 50.1 Å². The highest BCUT2D eigenvalue weighted by molar-refractivity contribution is 7.89. The van der Waals surface area contributed by atoms with Crippen molar-refractivity contribution in [3.63, 3.8) is 0 Å². The number of rotatable bonds is 9. The van der Waals surface area contributed by atoms with Gasteiger partial charge in [0.25, 0.3) is 0 Å². The summed E-state index contributed by atoms with van der Waals surface area (Å²) in [4.78, 5) is 3.32. The zero-order valence-electron chi connectivity index (χ0n) is 13.5. The molecule has 6 nitrogen and oxygen atoms in total. The Labute approximate surface area is 127 Å². The Morgan fingerprint density at radius 1 is 1.38 bits per heavy atom. The zero-order valence-corrected chi connectivity index (χ0v) is 14.3. The summed E-state index contributed by atoms with van der Waals surface area (Å²) in [6.45, 7) is 9.18. The number of methoxy groups -OCH3 is 1. The maximum absolute atomic E-state index is 12.7. The standard InChI is InChI=1S/C14H27N3O3S/c1-6-17(12(4)10-20-5)21(18,19)14-7-13(16-9-14)8-15-11(2)3/h7,9,11-12,15-16H,6,8,10H2,1-5H3. The molecule has 0 aliphatic heterocycles. The molecule has 1 atom stereocenters. The molecule has 1 aromatic heterocycles. The largest absolute Gasteiger partial charge is 0.383 e. The van der Waals surface area contributed by atoms with E-state index in [0.29, 0.717) is 30.6 Å². The number of sulfonamides is 1. The van der Waals surface area contributed by atoms with Gasteiger partial charge in [0.1, 0.15) is 0 Å². The first kappa shape index (κ1) is 18.2. The molecule has 0 saturated carbocycles. The number of aromatic amines is 1. The van der Waals surface area contributed by atoms with Crippen LogP contribution >= 0.6 is 0 Å². The van der Waals surface area contributed by atoms with Gasteiger partial charge in [0, 0.05) is 44.2 Å². The number of nitrogens with zero attached hydrogens (tertiary/aromatic N) is 1. The zero-order chi connectivity index (χ0) is 16.0. The van der Waals surface area contributed by atoms with E-state index in [0.717, 1.165) is 5.69 Å². The second kappa shape index (κ2) is 7.93. The Kier molecular flexibility index (Phi) is 6.86. The van der Waals surface area contributed by atoms with E-state index < -0.39 is 10.0 Å². The van der Waals surface area contributed by atoms with E-state index in [1.54, 1.807) is 19.4 Å². The molecule has 1 aromatic rings. The third-order valence-corrected chi connectivity index (χ3v) is 5.30. The highest BCUT2D eigenvalue weighted by atomic mass is 32.2. The third-order valence-electron chi connectivity index (χ3n) is 3.23. The van der Waals surface area contributed by atoms with E-state index in [-0.39, 0.29) is 6.04 Å². The molecule has 1 unspecified atom stereocenters. The van der Waals surface area contributed by atoms with Crippen LogP contribution in [0.4, 0.5) is 0 Å². The summed E-state index contributed by atoms with van der Waals surface area (Å²) in [6.07, 6.45) is 1.55. The van der Waals surface area contributed by atoms with Gasteiger partial charge in [-0.05, 0) is 13.0 Å². The van der Waals surface area contributed by atoms with Crippen molar-refractivity contribution in [3.8, 4) is 0 Å². The minimum Gasteiger partial charge on any atom is -0.383 e. The molecule has 1 rings (SSSR count). The number of likely N-dealkylation sites (N-methyl/N-ethyl adjacent to an activating group) is 1. The molecule has 0 radical (unpaired) electrons. The van der Waals surface area contributed by atoms with E-state index >= 15 is 0 Å². The molecule has 21 heavy (non-hydrogen) atoms. The lowest BCUT2D eigenvalue weighted by Crippen LogP contribution is -2.40. The third kappa shape index (κ3) is 4.81. The van der Waals surface area contributed by atoms with Crippen LogP contribution in [0.25, 0.3) is 0 Å². The topological polar surface area (TPSA) is 74.4 Å². The number of aromatic nitrogens is 1. The quantitative estimate of drug-likeness (QED) is 0.725. The summed E-state index contributed by atoms with van der Waals surface area (Å²) in [5.41, 5.74) is 0.859. The Hall–Kier alpha value is -0.890. The first-order chi connectivity index (χ1) is 9.82. The van der Waals surface area contributed by atoms with E-state index in [2.05, 4.69) is 10.3 Å². The molecule has 0 aliphatic rings. The molecule has 0 aliphatic carbocycles. The summed E-state index contributed by atoms with van der Waals surface area (Å²) in [5.74, 6) is 0. The molecule has 0 fully saturated rings. The Bertz CT molecular complexity index is 525. The van der Waals surface area contributed by atoms with Crippen molar-refractivity contribution in [1.82, 2.24) is 14.6 Å². The van der Waals surface area contributed by atoms with Crippen molar-refractivity contribution < 1.29 is 13.2 Å². The fourth-order valence-electron chi connectivity index (χ4n) is 2.16. The summed E-state index contributed by atoms with van der Waals surface area (Å²) in [6, 6.07) is 1.84. The van der Waals surface area contributed by atoms with Crippen LogP contribution in [0, 0.1) is 0 Å². The Morgan fingerprint density at radius 2 is 2.05 bits per heavy atom. The predicted octanol–water partition coefficient (Wildman–Crippen LogP) is 1.56. The van der Waals surface area contributed by atoms with Gasteiger partial charge in [-0.15, -0.1) is 0 Å². The molecular weight excluding hydrogens is 290 g/mol. The van der Waals surface area contributed by atoms with Gasteiger partial charge < -0.3 is 15.0 Å². The lowest BCUT2D eigenvalue weighted by molar-refractivity contribution is 0.142. The molecule has 0 spiro atoms. The van der Waals surface area contributed by atoms with Crippen LogP contribution in [0.15, 0.2) is 17.2 Å².